The maximum Gasteiger partial charge on any atom is 0.259 e. The Morgan fingerprint density at radius 1 is 0.560 bits per heavy atom. The molecular weight excluding hydrogens is 310 g/mol. The summed E-state index contributed by atoms with van der Waals surface area (Å²) in [6.07, 6.45) is 0. The average molecular weight is 327 g/mol. The number of benzene rings is 3. The SMILES string of the molecule is Cc1c2c(c(C)c(-c3ccccc3)c1-c1ccccc1)C(=O)NC2=O. The van der Waals surface area contributed by atoms with E-state index in [0.717, 1.165) is 33.4 Å². The van der Waals surface area contributed by atoms with E-state index in [-0.39, 0.29) is 11.8 Å². The number of carbonyl (C=O) groups is 2. The molecule has 0 aromatic heterocycles. The molecule has 1 heterocycles. The summed E-state index contributed by atoms with van der Waals surface area (Å²) in [6, 6.07) is 20.0. The van der Waals surface area contributed by atoms with Crippen molar-refractivity contribution in [3.05, 3.63) is 82.9 Å². The van der Waals surface area contributed by atoms with Crippen molar-refractivity contribution in [3.63, 3.8) is 0 Å². The van der Waals surface area contributed by atoms with Gasteiger partial charge in [-0.15, -0.1) is 0 Å². The van der Waals surface area contributed by atoms with Gasteiger partial charge in [0, 0.05) is 0 Å². The van der Waals surface area contributed by atoms with Gasteiger partial charge in [-0.2, -0.15) is 0 Å². The topological polar surface area (TPSA) is 46.2 Å². The fourth-order valence-corrected chi connectivity index (χ4v) is 3.73. The first kappa shape index (κ1) is 15.3. The van der Waals surface area contributed by atoms with Crippen LogP contribution in [0, 0.1) is 13.8 Å². The number of rotatable bonds is 2. The van der Waals surface area contributed by atoms with Crippen LogP contribution in [-0.2, 0) is 0 Å². The van der Waals surface area contributed by atoms with Gasteiger partial charge in [0.05, 0.1) is 11.1 Å². The molecule has 3 aromatic rings. The zero-order valence-corrected chi connectivity index (χ0v) is 14.1. The lowest BCUT2D eigenvalue weighted by Gasteiger charge is -2.19. The fourth-order valence-electron chi connectivity index (χ4n) is 3.73. The summed E-state index contributed by atoms with van der Waals surface area (Å²) in [5, 5.41) is 2.44. The molecule has 1 N–H and O–H groups in total. The first-order valence-corrected chi connectivity index (χ1v) is 8.23. The summed E-state index contributed by atoms with van der Waals surface area (Å²) in [5.41, 5.74) is 6.78. The van der Waals surface area contributed by atoms with Gasteiger partial charge in [-0.1, -0.05) is 60.7 Å². The monoisotopic (exact) mass is 327 g/mol. The molecule has 1 aliphatic rings. The van der Waals surface area contributed by atoms with Crippen molar-refractivity contribution in [3.8, 4) is 22.3 Å². The second kappa shape index (κ2) is 5.71. The van der Waals surface area contributed by atoms with Crippen molar-refractivity contribution in [2.75, 3.05) is 0 Å². The molecule has 0 spiro atoms. The number of amides is 2. The Balaban J connectivity index is 2.16. The number of fused-ring (bicyclic) bond motifs is 1. The minimum Gasteiger partial charge on any atom is -0.288 e. The molecule has 0 atom stereocenters. The molecule has 25 heavy (non-hydrogen) atoms. The van der Waals surface area contributed by atoms with Crippen LogP contribution in [0.3, 0.4) is 0 Å². The Morgan fingerprint density at radius 2 is 0.920 bits per heavy atom. The molecule has 2 amide bonds. The molecule has 0 saturated heterocycles. The lowest BCUT2D eigenvalue weighted by Crippen LogP contribution is -2.20. The van der Waals surface area contributed by atoms with Crippen molar-refractivity contribution in [1.82, 2.24) is 5.32 Å². The predicted octanol–water partition coefficient (Wildman–Crippen LogP) is 4.52. The summed E-state index contributed by atoms with van der Waals surface area (Å²) < 4.78 is 0. The molecule has 122 valence electrons. The second-order valence-electron chi connectivity index (χ2n) is 6.27. The van der Waals surface area contributed by atoms with Crippen LogP contribution in [0.15, 0.2) is 60.7 Å². The zero-order valence-electron chi connectivity index (χ0n) is 14.1. The largest absolute Gasteiger partial charge is 0.288 e. The van der Waals surface area contributed by atoms with Crippen molar-refractivity contribution in [2.45, 2.75) is 13.8 Å². The highest BCUT2D eigenvalue weighted by molar-refractivity contribution is 6.24. The van der Waals surface area contributed by atoms with Crippen LogP contribution in [-0.4, -0.2) is 11.8 Å². The lowest BCUT2D eigenvalue weighted by molar-refractivity contribution is 0.0879. The van der Waals surface area contributed by atoms with E-state index >= 15 is 0 Å². The first-order chi connectivity index (χ1) is 12.1. The van der Waals surface area contributed by atoms with Crippen LogP contribution in [0.4, 0.5) is 0 Å². The van der Waals surface area contributed by atoms with Gasteiger partial charge in [-0.25, -0.2) is 0 Å². The highest BCUT2D eigenvalue weighted by atomic mass is 16.2. The van der Waals surface area contributed by atoms with Gasteiger partial charge in [-0.3, -0.25) is 14.9 Å². The molecule has 0 bridgehead atoms. The van der Waals surface area contributed by atoms with Crippen LogP contribution in [0.2, 0.25) is 0 Å². The van der Waals surface area contributed by atoms with E-state index < -0.39 is 0 Å². The molecule has 1 aliphatic heterocycles. The van der Waals surface area contributed by atoms with Crippen molar-refractivity contribution < 1.29 is 9.59 Å². The van der Waals surface area contributed by atoms with Crippen molar-refractivity contribution in [1.29, 1.82) is 0 Å². The molecule has 0 fully saturated rings. The number of imide groups is 1. The molecule has 0 radical (unpaired) electrons. The standard InChI is InChI=1S/C22H17NO2/c1-13-17(15-9-5-3-6-10-15)18(16-11-7-4-8-12-16)14(2)20-19(13)21(24)23-22(20)25/h3-12H,1-2H3,(H,23,24,25). The Morgan fingerprint density at radius 3 is 1.28 bits per heavy atom. The normalized spacial score (nSPS) is 12.9. The van der Waals surface area contributed by atoms with E-state index in [1.54, 1.807) is 0 Å². The van der Waals surface area contributed by atoms with Gasteiger partial charge >= 0.3 is 0 Å². The van der Waals surface area contributed by atoms with E-state index in [9.17, 15) is 9.59 Å². The van der Waals surface area contributed by atoms with E-state index in [0.29, 0.717) is 11.1 Å². The number of hydrogen-bond acceptors (Lipinski definition) is 2. The summed E-state index contributed by atoms with van der Waals surface area (Å²) in [4.78, 5) is 24.7. The fraction of sp³-hybridized carbons (Fsp3) is 0.0909. The van der Waals surface area contributed by atoms with Gasteiger partial charge in [0.15, 0.2) is 0 Å². The Labute approximate surface area is 146 Å². The quantitative estimate of drug-likeness (QED) is 0.703. The molecule has 3 nitrogen and oxygen atoms in total. The van der Waals surface area contributed by atoms with Gasteiger partial charge in [0.1, 0.15) is 0 Å². The second-order valence-corrected chi connectivity index (χ2v) is 6.27. The van der Waals surface area contributed by atoms with Gasteiger partial charge in [0.25, 0.3) is 11.8 Å². The molecule has 0 aliphatic carbocycles. The van der Waals surface area contributed by atoms with Gasteiger partial charge in [-0.05, 0) is 47.2 Å². The molecule has 3 aromatic carbocycles. The van der Waals surface area contributed by atoms with Crippen LogP contribution >= 0.6 is 0 Å². The third kappa shape index (κ3) is 2.28. The van der Waals surface area contributed by atoms with Crippen LogP contribution in [0.25, 0.3) is 22.3 Å². The Hall–Kier alpha value is -3.20. The van der Waals surface area contributed by atoms with E-state index in [1.807, 2.05) is 74.5 Å². The van der Waals surface area contributed by atoms with E-state index in [2.05, 4.69) is 5.32 Å². The van der Waals surface area contributed by atoms with Crippen molar-refractivity contribution >= 4 is 11.8 Å². The lowest BCUT2D eigenvalue weighted by atomic mass is 9.82. The van der Waals surface area contributed by atoms with E-state index in [4.69, 9.17) is 0 Å². The van der Waals surface area contributed by atoms with Crippen LogP contribution < -0.4 is 5.32 Å². The van der Waals surface area contributed by atoms with Crippen LogP contribution in [0.1, 0.15) is 31.8 Å². The third-order valence-corrected chi connectivity index (χ3v) is 4.81. The molecular formula is C22H17NO2. The van der Waals surface area contributed by atoms with E-state index in [1.165, 1.54) is 0 Å². The Bertz CT molecular complexity index is 923. The summed E-state index contributed by atoms with van der Waals surface area (Å²) in [5.74, 6) is -0.616. The number of carbonyl (C=O) groups excluding carboxylic acids is 2. The molecule has 3 heteroatoms. The summed E-state index contributed by atoms with van der Waals surface area (Å²) >= 11 is 0. The third-order valence-electron chi connectivity index (χ3n) is 4.81. The van der Waals surface area contributed by atoms with Crippen LogP contribution in [0.5, 0.6) is 0 Å². The minimum absolute atomic E-state index is 0.308. The molecule has 0 saturated carbocycles. The zero-order chi connectivity index (χ0) is 17.6. The van der Waals surface area contributed by atoms with Gasteiger partial charge in [0.2, 0.25) is 0 Å². The van der Waals surface area contributed by atoms with Gasteiger partial charge < -0.3 is 0 Å². The first-order valence-electron chi connectivity index (χ1n) is 8.23. The Kier molecular flexibility index (Phi) is 3.50. The molecule has 4 rings (SSSR count). The predicted molar refractivity (Wildman–Crippen MR) is 98.6 cm³/mol. The maximum atomic E-state index is 12.3. The molecule has 0 unspecified atom stereocenters. The number of nitrogens with one attached hydrogen (secondary N) is 1. The minimum atomic E-state index is -0.308. The van der Waals surface area contributed by atoms with Crippen molar-refractivity contribution in [2.24, 2.45) is 0 Å². The number of hydrogen-bond donors (Lipinski definition) is 1. The maximum absolute atomic E-state index is 12.3. The highest BCUT2D eigenvalue weighted by Gasteiger charge is 2.34. The average Bonchev–Trinajstić information content (AvgIpc) is 2.94. The smallest absolute Gasteiger partial charge is 0.259 e. The summed E-state index contributed by atoms with van der Waals surface area (Å²) in [7, 11) is 0. The highest BCUT2D eigenvalue weighted by Crippen LogP contribution is 2.42. The summed E-state index contributed by atoms with van der Waals surface area (Å²) in [6.45, 7) is 3.84.